The number of hydrogen-bond acceptors (Lipinski definition) is 5. The van der Waals surface area contributed by atoms with Crippen LogP contribution in [0.25, 0.3) is 0 Å². The van der Waals surface area contributed by atoms with Gasteiger partial charge in [0.2, 0.25) is 0 Å². The van der Waals surface area contributed by atoms with Gasteiger partial charge in [-0.15, -0.1) is 0 Å². The normalized spacial score (nSPS) is 15.2. The molecule has 1 N–H and O–H groups in total. The average Bonchev–Trinajstić information content (AvgIpc) is 3.05. The van der Waals surface area contributed by atoms with Gasteiger partial charge in [-0.05, 0) is 42.5 Å². The number of halogens is 3. The SMILES string of the molecule is COc1cccc2c1Oc1ccccc1N=C2N1CCN(C(=O)Nc2cccc(C(F)(F)F)c2)CC1. The van der Waals surface area contributed by atoms with Gasteiger partial charge >= 0.3 is 12.2 Å². The summed E-state index contributed by atoms with van der Waals surface area (Å²) >= 11 is 0. The van der Waals surface area contributed by atoms with Crippen LogP contribution in [-0.4, -0.2) is 55.0 Å². The number of nitrogens with one attached hydrogen (secondary N) is 1. The minimum atomic E-state index is -4.48. The topological polar surface area (TPSA) is 66.4 Å². The number of fused-ring (bicyclic) bond motifs is 2. The number of piperazine rings is 1. The Balaban J connectivity index is 1.34. The lowest BCUT2D eigenvalue weighted by atomic mass is 10.1. The number of para-hydroxylation sites is 3. The summed E-state index contributed by atoms with van der Waals surface area (Å²) in [5.41, 5.74) is 0.733. The predicted octanol–water partition coefficient (Wildman–Crippen LogP) is 5.75. The van der Waals surface area contributed by atoms with Crippen LogP contribution in [0, 0.1) is 0 Å². The molecule has 0 unspecified atom stereocenters. The zero-order chi connectivity index (χ0) is 25.3. The molecule has 5 rings (SSSR count). The van der Waals surface area contributed by atoms with E-state index < -0.39 is 17.8 Å². The van der Waals surface area contributed by atoms with Crippen molar-refractivity contribution in [3.63, 3.8) is 0 Å². The molecule has 7 nitrogen and oxygen atoms in total. The molecule has 0 aromatic heterocycles. The number of carbonyl (C=O) groups is 1. The lowest BCUT2D eigenvalue weighted by Gasteiger charge is -2.36. The summed E-state index contributed by atoms with van der Waals surface area (Å²) in [5.74, 6) is 2.45. The maximum absolute atomic E-state index is 13.0. The number of alkyl halides is 3. The van der Waals surface area contributed by atoms with Crippen LogP contribution in [0.4, 0.5) is 29.3 Å². The predicted molar refractivity (Wildman–Crippen MR) is 129 cm³/mol. The monoisotopic (exact) mass is 496 g/mol. The quantitative estimate of drug-likeness (QED) is 0.491. The molecule has 1 saturated heterocycles. The Labute approximate surface area is 205 Å². The van der Waals surface area contributed by atoms with Gasteiger partial charge in [-0.3, -0.25) is 0 Å². The Morgan fingerprint density at radius 3 is 2.50 bits per heavy atom. The number of nitrogens with zero attached hydrogens (tertiary/aromatic N) is 3. The standard InChI is InChI=1S/C26H23F3N4O3/c1-35-22-11-5-8-19-23(22)36-21-10-3-2-9-20(21)31-24(19)32-12-14-33(15-13-32)25(34)30-18-7-4-6-17(16-18)26(27,28)29/h2-11,16H,12-15H2,1H3,(H,30,34). The maximum atomic E-state index is 13.0. The second kappa shape index (κ2) is 9.44. The molecule has 2 heterocycles. The number of ether oxygens (including phenoxy) is 2. The number of methoxy groups -OCH3 is 1. The number of hydrogen-bond donors (Lipinski definition) is 1. The van der Waals surface area contributed by atoms with Crippen LogP contribution in [-0.2, 0) is 6.18 Å². The van der Waals surface area contributed by atoms with Crippen molar-refractivity contribution in [1.82, 2.24) is 9.80 Å². The van der Waals surface area contributed by atoms with Crippen LogP contribution in [0.2, 0.25) is 0 Å². The first-order valence-corrected chi connectivity index (χ1v) is 11.3. The van der Waals surface area contributed by atoms with Crippen molar-refractivity contribution >= 4 is 23.2 Å². The van der Waals surface area contributed by atoms with Gasteiger partial charge in [0, 0.05) is 31.9 Å². The minimum Gasteiger partial charge on any atom is -0.493 e. The van der Waals surface area contributed by atoms with E-state index in [1.165, 1.54) is 12.1 Å². The molecule has 0 saturated carbocycles. The van der Waals surface area contributed by atoms with Crippen molar-refractivity contribution in [2.24, 2.45) is 4.99 Å². The van der Waals surface area contributed by atoms with E-state index in [0.29, 0.717) is 55.0 Å². The molecule has 2 aliphatic rings. The number of amidine groups is 1. The van der Waals surface area contributed by atoms with E-state index in [0.717, 1.165) is 17.7 Å². The fourth-order valence-electron chi connectivity index (χ4n) is 4.22. The van der Waals surface area contributed by atoms with E-state index in [2.05, 4.69) is 10.2 Å². The molecule has 0 spiro atoms. The molecule has 2 aliphatic heterocycles. The Kier molecular flexibility index (Phi) is 6.17. The lowest BCUT2D eigenvalue weighted by molar-refractivity contribution is -0.137. The van der Waals surface area contributed by atoms with E-state index in [1.807, 2.05) is 42.5 Å². The highest BCUT2D eigenvalue weighted by atomic mass is 19.4. The van der Waals surface area contributed by atoms with Crippen molar-refractivity contribution in [3.05, 3.63) is 77.9 Å². The summed E-state index contributed by atoms with van der Waals surface area (Å²) in [4.78, 5) is 21.3. The van der Waals surface area contributed by atoms with E-state index in [1.54, 1.807) is 12.0 Å². The van der Waals surface area contributed by atoms with Crippen molar-refractivity contribution < 1.29 is 27.4 Å². The summed E-state index contributed by atoms with van der Waals surface area (Å²) in [5, 5.41) is 2.57. The maximum Gasteiger partial charge on any atom is 0.416 e. The van der Waals surface area contributed by atoms with Crippen molar-refractivity contribution in [3.8, 4) is 17.2 Å². The van der Waals surface area contributed by atoms with E-state index in [-0.39, 0.29) is 5.69 Å². The Bertz CT molecular complexity index is 1320. The van der Waals surface area contributed by atoms with Crippen LogP contribution >= 0.6 is 0 Å². The third-order valence-electron chi connectivity index (χ3n) is 6.05. The summed E-state index contributed by atoms with van der Waals surface area (Å²) in [6.45, 7) is 1.69. The first-order valence-electron chi connectivity index (χ1n) is 11.3. The van der Waals surface area contributed by atoms with Gasteiger partial charge in [0.15, 0.2) is 17.2 Å². The van der Waals surface area contributed by atoms with E-state index in [4.69, 9.17) is 14.5 Å². The number of aliphatic imine (C=N–C) groups is 1. The lowest BCUT2D eigenvalue weighted by Crippen LogP contribution is -2.51. The number of anilines is 1. The molecule has 0 atom stereocenters. The molecule has 186 valence electrons. The molecule has 0 aliphatic carbocycles. The summed E-state index contributed by atoms with van der Waals surface area (Å²) in [6.07, 6.45) is -4.48. The number of urea groups is 1. The Morgan fingerprint density at radius 2 is 1.75 bits per heavy atom. The molecule has 2 amide bonds. The van der Waals surface area contributed by atoms with Gasteiger partial charge in [-0.2, -0.15) is 13.2 Å². The number of rotatable bonds is 2. The smallest absolute Gasteiger partial charge is 0.416 e. The summed E-state index contributed by atoms with van der Waals surface area (Å²) in [6, 6.07) is 17.2. The van der Waals surface area contributed by atoms with Crippen molar-refractivity contribution in [2.45, 2.75) is 6.18 Å². The highest BCUT2D eigenvalue weighted by molar-refractivity contribution is 6.04. The Hall–Kier alpha value is -4.21. The highest BCUT2D eigenvalue weighted by Crippen LogP contribution is 2.42. The molecular formula is C26H23F3N4O3. The molecule has 1 fully saturated rings. The minimum absolute atomic E-state index is 0.0974. The van der Waals surface area contributed by atoms with Crippen molar-refractivity contribution in [2.75, 3.05) is 38.6 Å². The van der Waals surface area contributed by atoms with Gasteiger partial charge in [0.1, 0.15) is 11.5 Å². The molecular weight excluding hydrogens is 473 g/mol. The van der Waals surface area contributed by atoms with Gasteiger partial charge < -0.3 is 24.6 Å². The fourth-order valence-corrected chi connectivity index (χ4v) is 4.22. The van der Waals surface area contributed by atoms with Crippen LogP contribution < -0.4 is 14.8 Å². The largest absolute Gasteiger partial charge is 0.493 e. The third-order valence-corrected chi connectivity index (χ3v) is 6.05. The molecule has 0 radical (unpaired) electrons. The second-order valence-electron chi connectivity index (χ2n) is 8.32. The van der Waals surface area contributed by atoms with Crippen LogP contribution in [0.5, 0.6) is 17.2 Å². The zero-order valence-corrected chi connectivity index (χ0v) is 19.4. The van der Waals surface area contributed by atoms with E-state index in [9.17, 15) is 18.0 Å². The van der Waals surface area contributed by atoms with Gasteiger partial charge in [0.05, 0.1) is 18.2 Å². The second-order valence-corrected chi connectivity index (χ2v) is 8.32. The Morgan fingerprint density at radius 1 is 1.00 bits per heavy atom. The number of amides is 2. The molecule has 36 heavy (non-hydrogen) atoms. The first kappa shape index (κ1) is 23.5. The molecule has 0 bridgehead atoms. The van der Waals surface area contributed by atoms with Crippen LogP contribution in [0.1, 0.15) is 11.1 Å². The van der Waals surface area contributed by atoms with E-state index >= 15 is 0 Å². The van der Waals surface area contributed by atoms with Gasteiger partial charge in [-0.25, -0.2) is 9.79 Å². The molecule has 3 aromatic carbocycles. The van der Waals surface area contributed by atoms with Gasteiger partial charge in [0.25, 0.3) is 0 Å². The van der Waals surface area contributed by atoms with Crippen molar-refractivity contribution in [1.29, 1.82) is 0 Å². The fraction of sp³-hybridized carbons (Fsp3) is 0.231. The highest BCUT2D eigenvalue weighted by Gasteiger charge is 2.31. The van der Waals surface area contributed by atoms with Crippen LogP contribution in [0.15, 0.2) is 71.7 Å². The van der Waals surface area contributed by atoms with Crippen LogP contribution in [0.3, 0.4) is 0 Å². The molecule has 10 heteroatoms. The zero-order valence-electron chi connectivity index (χ0n) is 19.4. The van der Waals surface area contributed by atoms with Gasteiger partial charge in [-0.1, -0.05) is 24.3 Å². The summed E-state index contributed by atoms with van der Waals surface area (Å²) in [7, 11) is 1.58. The first-order chi connectivity index (χ1) is 17.3. The summed E-state index contributed by atoms with van der Waals surface area (Å²) < 4.78 is 50.7. The number of carbonyl (C=O) groups excluding carboxylic acids is 1. The third kappa shape index (κ3) is 4.66. The average molecular weight is 496 g/mol. The number of benzene rings is 3. The molecule has 3 aromatic rings.